The second kappa shape index (κ2) is 9.26. The average Bonchev–Trinajstić information content (AvgIpc) is 2.73. The fourth-order valence-corrected chi connectivity index (χ4v) is 4.67. The van der Waals surface area contributed by atoms with Gasteiger partial charge in [0.2, 0.25) is 0 Å². The number of sulfonamides is 1. The number of benzene rings is 3. The SMILES string of the molecule is CCCCc1ccc(N(C(=O)c2cccc(C)c2)S(=O)(=O)c2ccc(C)cc2)cc1. The van der Waals surface area contributed by atoms with Gasteiger partial charge in [0.25, 0.3) is 15.9 Å². The molecule has 0 bridgehead atoms. The molecule has 0 saturated carbocycles. The van der Waals surface area contributed by atoms with E-state index >= 15 is 0 Å². The number of hydrogen-bond donors (Lipinski definition) is 0. The highest BCUT2D eigenvalue weighted by Gasteiger charge is 2.31. The summed E-state index contributed by atoms with van der Waals surface area (Å²) in [4.78, 5) is 13.5. The van der Waals surface area contributed by atoms with Gasteiger partial charge in [-0.25, -0.2) is 8.42 Å². The van der Waals surface area contributed by atoms with Crippen molar-refractivity contribution >= 4 is 21.6 Å². The van der Waals surface area contributed by atoms with Crippen molar-refractivity contribution in [2.24, 2.45) is 0 Å². The maximum atomic E-state index is 13.5. The highest BCUT2D eigenvalue weighted by Crippen LogP contribution is 2.27. The lowest BCUT2D eigenvalue weighted by Crippen LogP contribution is -2.37. The van der Waals surface area contributed by atoms with Crippen LogP contribution in [0.25, 0.3) is 0 Å². The van der Waals surface area contributed by atoms with Gasteiger partial charge in [-0.15, -0.1) is 0 Å². The number of carbonyl (C=O) groups is 1. The van der Waals surface area contributed by atoms with Crippen LogP contribution < -0.4 is 4.31 Å². The molecule has 0 aliphatic rings. The van der Waals surface area contributed by atoms with Crippen molar-refractivity contribution in [2.45, 2.75) is 44.9 Å². The van der Waals surface area contributed by atoms with Crippen molar-refractivity contribution in [1.29, 1.82) is 0 Å². The molecule has 0 unspecified atom stereocenters. The molecule has 0 aliphatic carbocycles. The van der Waals surface area contributed by atoms with Gasteiger partial charge >= 0.3 is 0 Å². The van der Waals surface area contributed by atoms with Crippen LogP contribution in [0.5, 0.6) is 0 Å². The number of rotatable bonds is 7. The molecule has 0 saturated heterocycles. The minimum atomic E-state index is -4.08. The third kappa shape index (κ3) is 4.79. The van der Waals surface area contributed by atoms with E-state index in [1.165, 1.54) is 12.1 Å². The molecule has 156 valence electrons. The Kier molecular flexibility index (Phi) is 6.73. The topological polar surface area (TPSA) is 54.5 Å². The van der Waals surface area contributed by atoms with Crippen LogP contribution in [0.2, 0.25) is 0 Å². The van der Waals surface area contributed by atoms with Gasteiger partial charge < -0.3 is 0 Å². The number of hydrogen-bond acceptors (Lipinski definition) is 3. The van der Waals surface area contributed by atoms with E-state index in [0.717, 1.165) is 40.3 Å². The largest absolute Gasteiger partial charge is 0.272 e. The first-order valence-corrected chi connectivity index (χ1v) is 11.6. The van der Waals surface area contributed by atoms with E-state index in [2.05, 4.69) is 6.92 Å². The Bertz CT molecular complexity index is 1120. The number of carbonyl (C=O) groups excluding carboxylic acids is 1. The van der Waals surface area contributed by atoms with Crippen LogP contribution >= 0.6 is 0 Å². The molecule has 4 nitrogen and oxygen atoms in total. The predicted molar refractivity (Wildman–Crippen MR) is 121 cm³/mol. The number of unbranched alkanes of at least 4 members (excludes halogenated alkanes) is 1. The van der Waals surface area contributed by atoms with Crippen LogP contribution in [0.4, 0.5) is 5.69 Å². The molecule has 0 spiro atoms. The summed E-state index contributed by atoms with van der Waals surface area (Å²) in [7, 11) is -4.08. The summed E-state index contributed by atoms with van der Waals surface area (Å²) in [6.07, 6.45) is 3.07. The monoisotopic (exact) mass is 421 g/mol. The first kappa shape index (κ1) is 21.8. The Morgan fingerprint density at radius 1 is 0.867 bits per heavy atom. The summed E-state index contributed by atoms with van der Waals surface area (Å²) in [5, 5.41) is 0. The standard InChI is InChI=1S/C25H27NO3S/c1-4-5-8-21-12-14-23(15-13-21)26(25(27)22-9-6-7-20(3)18-22)30(28,29)24-16-10-19(2)11-17-24/h6-7,9-18H,4-5,8H2,1-3H3. The van der Waals surface area contributed by atoms with Crippen LogP contribution in [0.1, 0.15) is 46.8 Å². The van der Waals surface area contributed by atoms with Crippen molar-refractivity contribution in [3.63, 3.8) is 0 Å². The molecule has 3 aromatic carbocycles. The van der Waals surface area contributed by atoms with Gasteiger partial charge in [-0.2, -0.15) is 4.31 Å². The Morgan fingerprint density at radius 2 is 1.53 bits per heavy atom. The second-order valence-electron chi connectivity index (χ2n) is 7.53. The van der Waals surface area contributed by atoms with Crippen LogP contribution in [0, 0.1) is 13.8 Å². The maximum Gasteiger partial charge on any atom is 0.272 e. The van der Waals surface area contributed by atoms with Crippen molar-refractivity contribution < 1.29 is 13.2 Å². The van der Waals surface area contributed by atoms with Gasteiger partial charge in [0, 0.05) is 5.56 Å². The maximum absolute atomic E-state index is 13.5. The number of nitrogens with zero attached hydrogens (tertiary/aromatic N) is 1. The summed E-state index contributed by atoms with van der Waals surface area (Å²) in [5.41, 5.74) is 3.63. The third-order valence-electron chi connectivity index (χ3n) is 5.00. The van der Waals surface area contributed by atoms with Crippen molar-refractivity contribution in [3.05, 3.63) is 95.1 Å². The third-order valence-corrected chi connectivity index (χ3v) is 6.72. The van der Waals surface area contributed by atoms with Crippen molar-refractivity contribution in [2.75, 3.05) is 4.31 Å². The molecule has 3 rings (SSSR count). The van der Waals surface area contributed by atoms with E-state index in [1.807, 2.05) is 32.0 Å². The normalized spacial score (nSPS) is 11.3. The molecule has 3 aromatic rings. The molecular formula is C25H27NO3S. The lowest BCUT2D eigenvalue weighted by atomic mass is 10.1. The number of aryl methyl sites for hydroxylation is 3. The quantitative estimate of drug-likeness (QED) is 0.493. The summed E-state index contributed by atoms with van der Waals surface area (Å²) >= 11 is 0. The predicted octanol–water partition coefficient (Wildman–Crippen LogP) is 5.68. The molecule has 0 fully saturated rings. The van der Waals surface area contributed by atoms with Gasteiger partial charge in [0.1, 0.15) is 0 Å². The molecule has 0 aromatic heterocycles. The number of anilines is 1. The smallest absolute Gasteiger partial charge is 0.268 e. The summed E-state index contributed by atoms with van der Waals surface area (Å²) in [5.74, 6) is -0.569. The summed E-state index contributed by atoms with van der Waals surface area (Å²) < 4.78 is 27.9. The molecule has 0 heterocycles. The molecular weight excluding hydrogens is 394 g/mol. The molecule has 0 aliphatic heterocycles. The zero-order valence-electron chi connectivity index (χ0n) is 17.6. The highest BCUT2D eigenvalue weighted by molar-refractivity contribution is 7.93. The van der Waals surface area contributed by atoms with Gasteiger partial charge in [-0.05, 0) is 68.7 Å². The molecule has 0 atom stereocenters. The molecule has 0 radical (unpaired) electrons. The van der Waals surface area contributed by atoms with E-state index in [-0.39, 0.29) is 4.90 Å². The molecule has 5 heteroatoms. The Balaban J connectivity index is 2.08. The van der Waals surface area contributed by atoms with Crippen molar-refractivity contribution in [1.82, 2.24) is 0 Å². The minimum absolute atomic E-state index is 0.0872. The summed E-state index contributed by atoms with van der Waals surface area (Å²) in [6.45, 7) is 5.89. The van der Waals surface area contributed by atoms with E-state index in [4.69, 9.17) is 0 Å². The zero-order chi connectivity index (χ0) is 21.7. The van der Waals surface area contributed by atoms with Crippen LogP contribution in [0.3, 0.4) is 0 Å². The van der Waals surface area contributed by atoms with Crippen molar-refractivity contribution in [3.8, 4) is 0 Å². The lowest BCUT2D eigenvalue weighted by Gasteiger charge is -2.23. The van der Waals surface area contributed by atoms with Crippen LogP contribution in [-0.2, 0) is 16.4 Å². The fraction of sp³-hybridized carbons (Fsp3) is 0.240. The number of amides is 1. The minimum Gasteiger partial charge on any atom is -0.268 e. The highest BCUT2D eigenvalue weighted by atomic mass is 32.2. The lowest BCUT2D eigenvalue weighted by molar-refractivity contribution is 0.101. The van der Waals surface area contributed by atoms with E-state index in [0.29, 0.717) is 11.3 Å². The van der Waals surface area contributed by atoms with Crippen LogP contribution in [0.15, 0.2) is 77.7 Å². The first-order chi connectivity index (χ1) is 14.3. The average molecular weight is 422 g/mol. The van der Waals surface area contributed by atoms with E-state index < -0.39 is 15.9 Å². The van der Waals surface area contributed by atoms with Gasteiger partial charge in [0.15, 0.2) is 0 Å². The Labute approximate surface area is 179 Å². The van der Waals surface area contributed by atoms with E-state index in [1.54, 1.807) is 42.5 Å². The fourth-order valence-electron chi connectivity index (χ4n) is 3.26. The molecule has 1 amide bonds. The molecule has 0 N–H and O–H groups in total. The Morgan fingerprint density at radius 3 is 2.13 bits per heavy atom. The van der Waals surface area contributed by atoms with Gasteiger partial charge in [-0.1, -0.05) is 60.9 Å². The zero-order valence-corrected chi connectivity index (χ0v) is 18.4. The van der Waals surface area contributed by atoms with Gasteiger partial charge in [-0.3, -0.25) is 4.79 Å². The first-order valence-electron chi connectivity index (χ1n) is 10.1. The summed E-state index contributed by atoms with van der Waals surface area (Å²) in [6, 6.07) is 20.7. The van der Waals surface area contributed by atoms with Crippen LogP contribution in [-0.4, -0.2) is 14.3 Å². The second-order valence-corrected chi connectivity index (χ2v) is 9.31. The van der Waals surface area contributed by atoms with E-state index in [9.17, 15) is 13.2 Å². The molecule has 30 heavy (non-hydrogen) atoms. The van der Waals surface area contributed by atoms with Gasteiger partial charge in [0.05, 0.1) is 10.6 Å². The Hall–Kier alpha value is -2.92.